The normalized spacial score (nSPS) is 11.0. The molecular weight excluding hydrogens is 420 g/mol. The first-order valence-electron chi connectivity index (χ1n) is 7.89. The second-order valence-electron chi connectivity index (χ2n) is 5.24. The summed E-state index contributed by atoms with van der Waals surface area (Å²) >= 11 is 10.3. The molecule has 0 saturated heterocycles. The van der Waals surface area contributed by atoms with E-state index in [0.29, 0.717) is 5.02 Å². The predicted octanol–water partition coefficient (Wildman–Crippen LogP) is 4.73. The second-order valence-corrected chi connectivity index (χ2v) is 9.10. The summed E-state index contributed by atoms with van der Waals surface area (Å²) in [5.74, 6) is 0.884. The van der Waals surface area contributed by atoms with Gasteiger partial charge in [-0.05, 0) is 23.3 Å². The Bertz CT molecular complexity index is 900. The molecule has 2 aromatic carbocycles. The minimum atomic E-state index is -0.195. The maximum absolute atomic E-state index is 11.9. The zero-order chi connectivity index (χ0) is 18.9. The molecular formula is C18H15ClN4OS3. The molecule has 9 heteroatoms. The van der Waals surface area contributed by atoms with Gasteiger partial charge in [-0.15, -0.1) is 10.2 Å². The van der Waals surface area contributed by atoms with E-state index in [-0.39, 0.29) is 11.7 Å². The number of nitrogens with one attached hydrogen (secondary N) is 1. The molecule has 1 amide bonds. The van der Waals surface area contributed by atoms with E-state index >= 15 is 0 Å². The fourth-order valence-corrected chi connectivity index (χ4v) is 4.81. The van der Waals surface area contributed by atoms with Gasteiger partial charge in [-0.1, -0.05) is 88.9 Å². The monoisotopic (exact) mass is 434 g/mol. The minimum absolute atomic E-state index is 0.195. The third kappa shape index (κ3) is 6.99. The molecule has 1 heterocycles. The highest BCUT2D eigenvalue weighted by Gasteiger charge is 2.08. The highest BCUT2D eigenvalue weighted by Crippen LogP contribution is 2.30. The summed E-state index contributed by atoms with van der Waals surface area (Å²) in [6, 6.07) is 17.4. The number of hydrazone groups is 1. The zero-order valence-electron chi connectivity index (χ0n) is 14.0. The van der Waals surface area contributed by atoms with Crippen molar-refractivity contribution in [2.45, 2.75) is 14.4 Å². The highest BCUT2D eigenvalue weighted by atomic mass is 35.5. The van der Waals surface area contributed by atoms with Crippen LogP contribution in [-0.2, 0) is 10.5 Å². The summed E-state index contributed by atoms with van der Waals surface area (Å²) in [5.41, 5.74) is 4.60. The van der Waals surface area contributed by atoms with Crippen molar-refractivity contribution in [3.8, 4) is 0 Å². The highest BCUT2D eigenvalue weighted by molar-refractivity contribution is 8.03. The molecule has 0 saturated carbocycles. The van der Waals surface area contributed by atoms with Crippen molar-refractivity contribution in [1.82, 2.24) is 15.6 Å². The molecule has 0 spiro atoms. The molecule has 27 heavy (non-hydrogen) atoms. The Balaban J connectivity index is 1.40. The van der Waals surface area contributed by atoms with Crippen molar-refractivity contribution >= 4 is 58.6 Å². The average Bonchev–Trinajstić information content (AvgIpc) is 3.15. The van der Waals surface area contributed by atoms with Crippen LogP contribution in [0.25, 0.3) is 0 Å². The van der Waals surface area contributed by atoms with E-state index in [4.69, 9.17) is 11.6 Å². The quantitative estimate of drug-likeness (QED) is 0.315. The van der Waals surface area contributed by atoms with Crippen LogP contribution in [0.2, 0.25) is 5.02 Å². The summed E-state index contributed by atoms with van der Waals surface area (Å²) in [7, 11) is 0. The number of hydrogen-bond donors (Lipinski definition) is 1. The first kappa shape index (κ1) is 19.9. The largest absolute Gasteiger partial charge is 0.272 e. The summed E-state index contributed by atoms with van der Waals surface area (Å²) in [4.78, 5) is 11.9. The molecule has 0 aliphatic rings. The lowest BCUT2D eigenvalue weighted by Crippen LogP contribution is -2.19. The Kier molecular flexibility index (Phi) is 7.70. The van der Waals surface area contributed by atoms with Gasteiger partial charge in [0.25, 0.3) is 5.91 Å². The Hall–Kier alpha value is -1.87. The summed E-state index contributed by atoms with van der Waals surface area (Å²) < 4.78 is 1.66. The lowest BCUT2D eigenvalue weighted by atomic mass is 10.2. The minimum Gasteiger partial charge on any atom is -0.272 e. The Labute approximate surface area is 174 Å². The lowest BCUT2D eigenvalue weighted by molar-refractivity contribution is -0.118. The van der Waals surface area contributed by atoms with Crippen LogP contribution in [0.1, 0.15) is 11.1 Å². The van der Waals surface area contributed by atoms with Gasteiger partial charge in [-0.2, -0.15) is 5.10 Å². The smallest absolute Gasteiger partial charge is 0.250 e. The van der Waals surface area contributed by atoms with Crippen LogP contribution in [0.3, 0.4) is 0 Å². The average molecular weight is 435 g/mol. The molecule has 0 radical (unpaired) electrons. The van der Waals surface area contributed by atoms with Gasteiger partial charge in [-0.3, -0.25) is 4.79 Å². The van der Waals surface area contributed by atoms with Crippen molar-refractivity contribution in [2.75, 3.05) is 5.75 Å². The molecule has 1 N–H and O–H groups in total. The number of halogens is 1. The maximum atomic E-state index is 11.9. The molecule has 0 fully saturated rings. The number of hydrogen-bond acceptors (Lipinski definition) is 7. The SMILES string of the molecule is O=C(CSc1nnc(SCc2ccccc2)s1)NN=Cc1ccc(Cl)cc1. The van der Waals surface area contributed by atoms with Crippen LogP contribution < -0.4 is 5.43 Å². The summed E-state index contributed by atoms with van der Waals surface area (Å²) in [6.45, 7) is 0. The molecule has 5 nitrogen and oxygen atoms in total. The topological polar surface area (TPSA) is 67.2 Å². The van der Waals surface area contributed by atoms with E-state index in [1.807, 2.05) is 30.3 Å². The van der Waals surface area contributed by atoms with Crippen LogP contribution in [-0.4, -0.2) is 28.1 Å². The molecule has 0 aliphatic heterocycles. The fraction of sp³-hybridized carbons (Fsp3) is 0.111. The van der Waals surface area contributed by atoms with Crippen LogP contribution in [0.15, 0.2) is 68.4 Å². The number of aromatic nitrogens is 2. The van der Waals surface area contributed by atoms with Gasteiger partial charge in [0.1, 0.15) is 0 Å². The van der Waals surface area contributed by atoms with Crippen LogP contribution in [0, 0.1) is 0 Å². The summed E-state index contributed by atoms with van der Waals surface area (Å²) in [6.07, 6.45) is 1.57. The molecule has 3 rings (SSSR count). The van der Waals surface area contributed by atoms with Gasteiger partial charge in [-0.25, -0.2) is 5.43 Å². The molecule has 138 valence electrons. The number of carbonyl (C=O) groups excluding carboxylic acids is 1. The fourth-order valence-electron chi connectivity index (χ4n) is 1.92. The van der Waals surface area contributed by atoms with Crippen molar-refractivity contribution in [2.24, 2.45) is 5.10 Å². The number of rotatable bonds is 8. The van der Waals surface area contributed by atoms with Crippen LogP contribution in [0.5, 0.6) is 0 Å². The molecule has 0 bridgehead atoms. The number of carbonyl (C=O) groups is 1. The van der Waals surface area contributed by atoms with E-state index in [2.05, 4.69) is 32.9 Å². The van der Waals surface area contributed by atoms with Gasteiger partial charge >= 0.3 is 0 Å². The van der Waals surface area contributed by atoms with Crippen molar-refractivity contribution in [3.05, 3.63) is 70.7 Å². The number of nitrogens with zero attached hydrogens (tertiary/aromatic N) is 3. The third-order valence-electron chi connectivity index (χ3n) is 3.19. The van der Waals surface area contributed by atoms with Crippen molar-refractivity contribution in [1.29, 1.82) is 0 Å². The van der Waals surface area contributed by atoms with Crippen molar-refractivity contribution < 1.29 is 4.79 Å². The number of amides is 1. The summed E-state index contributed by atoms with van der Waals surface area (Å²) in [5, 5.41) is 12.9. The Morgan fingerprint density at radius 2 is 1.78 bits per heavy atom. The zero-order valence-corrected chi connectivity index (χ0v) is 17.2. The van der Waals surface area contributed by atoms with Crippen LogP contribution in [0.4, 0.5) is 0 Å². The van der Waals surface area contributed by atoms with E-state index < -0.39 is 0 Å². The lowest BCUT2D eigenvalue weighted by Gasteiger charge is -1.98. The third-order valence-corrected chi connectivity index (χ3v) is 6.71. The molecule has 0 atom stereocenters. The van der Waals surface area contributed by atoms with Gasteiger partial charge in [0.05, 0.1) is 12.0 Å². The standard InChI is InChI=1S/C18H15ClN4OS3/c19-15-8-6-13(7-9-15)10-20-21-16(24)12-26-18-23-22-17(27-18)25-11-14-4-2-1-3-5-14/h1-10H,11-12H2,(H,21,24). The molecule has 3 aromatic rings. The Morgan fingerprint density at radius 1 is 1.07 bits per heavy atom. The molecule has 1 aromatic heterocycles. The predicted molar refractivity (Wildman–Crippen MR) is 114 cm³/mol. The van der Waals surface area contributed by atoms with Crippen molar-refractivity contribution in [3.63, 3.8) is 0 Å². The maximum Gasteiger partial charge on any atom is 0.250 e. The number of thioether (sulfide) groups is 2. The Morgan fingerprint density at radius 3 is 2.52 bits per heavy atom. The first-order valence-corrected chi connectivity index (χ1v) is 11.1. The van der Waals surface area contributed by atoms with E-state index in [9.17, 15) is 4.79 Å². The van der Waals surface area contributed by atoms with E-state index in [1.165, 1.54) is 28.7 Å². The number of benzene rings is 2. The van der Waals surface area contributed by atoms with Gasteiger partial charge in [0, 0.05) is 10.8 Å². The van der Waals surface area contributed by atoms with E-state index in [0.717, 1.165) is 20.0 Å². The molecule has 0 aliphatic carbocycles. The molecule has 0 unspecified atom stereocenters. The first-order chi connectivity index (χ1) is 13.2. The van der Waals surface area contributed by atoms with Gasteiger partial charge < -0.3 is 0 Å². The van der Waals surface area contributed by atoms with Gasteiger partial charge in [0.15, 0.2) is 8.68 Å². The second kappa shape index (κ2) is 10.5. The van der Waals surface area contributed by atoms with E-state index in [1.54, 1.807) is 30.1 Å². The van der Waals surface area contributed by atoms with Gasteiger partial charge in [0.2, 0.25) is 0 Å². The van der Waals surface area contributed by atoms with Crippen LogP contribution >= 0.6 is 46.5 Å².